The quantitative estimate of drug-likeness (QED) is 0.742. The number of carbonyl (C=O) groups excluding carboxylic acids is 1. The van der Waals surface area contributed by atoms with Gasteiger partial charge in [0.05, 0.1) is 5.56 Å². The highest BCUT2D eigenvalue weighted by molar-refractivity contribution is 9.10. The van der Waals surface area contributed by atoms with Gasteiger partial charge in [-0.25, -0.2) is 4.79 Å². The molecular formula is C13H17BrN2O3. The molecule has 0 saturated heterocycles. The number of nitrogen functional groups attached to an aromatic ring is 1. The van der Waals surface area contributed by atoms with E-state index in [9.17, 15) is 14.7 Å². The molecule has 1 amide bonds. The summed E-state index contributed by atoms with van der Waals surface area (Å²) in [4.78, 5) is 23.3. The van der Waals surface area contributed by atoms with E-state index in [1.54, 1.807) is 32.9 Å². The second kappa shape index (κ2) is 5.61. The molecule has 0 aliphatic carbocycles. The van der Waals surface area contributed by atoms with E-state index >= 15 is 0 Å². The molecule has 6 heteroatoms. The van der Waals surface area contributed by atoms with Gasteiger partial charge in [-0.15, -0.1) is 0 Å². The van der Waals surface area contributed by atoms with Crippen molar-refractivity contribution >= 4 is 33.5 Å². The number of amides is 1. The van der Waals surface area contributed by atoms with Gasteiger partial charge in [0, 0.05) is 10.2 Å². The smallest absolute Gasteiger partial charge is 0.326 e. The maximum Gasteiger partial charge on any atom is 0.326 e. The Hall–Kier alpha value is -1.56. The summed E-state index contributed by atoms with van der Waals surface area (Å²) >= 11 is 3.24. The molecule has 0 aromatic heterocycles. The zero-order valence-electron chi connectivity index (χ0n) is 11.0. The average molecular weight is 329 g/mol. The fourth-order valence-corrected chi connectivity index (χ4v) is 2.00. The first-order valence-electron chi connectivity index (χ1n) is 5.71. The molecule has 0 heterocycles. The third-order valence-electron chi connectivity index (χ3n) is 2.62. The molecule has 0 radical (unpaired) electrons. The molecule has 1 atom stereocenters. The van der Waals surface area contributed by atoms with Gasteiger partial charge in [0.1, 0.15) is 6.04 Å². The number of anilines is 1. The molecule has 0 unspecified atom stereocenters. The fourth-order valence-electron chi connectivity index (χ4n) is 1.57. The third kappa shape index (κ3) is 3.96. The molecule has 0 fully saturated rings. The summed E-state index contributed by atoms with van der Waals surface area (Å²) in [6.45, 7) is 5.25. The van der Waals surface area contributed by atoms with Gasteiger partial charge >= 0.3 is 5.97 Å². The van der Waals surface area contributed by atoms with Gasteiger partial charge in [0.15, 0.2) is 0 Å². The second-order valence-corrected chi connectivity index (χ2v) is 6.20. The van der Waals surface area contributed by atoms with E-state index in [1.807, 2.05) is 0 Å². The van der Waals surface area contributed by atoms with Crippen LogP contribution in [0.3, 0.4) is 0 Å². The summed E-state index contributed by atoms with van der Waals surface area (Å²) in [5.41, 5.74) is 5.79. The zero-order valence-corrected chi connectivity index (χ0v) is 12.6. The SMILES string of the molecule is CC(C)(C)[C@@H](NC(=O)c1cc(N)ccc1Br)C(=O)O. The van der Waals surface area contributed by atoms with Crippen LogP contribution in [0.4, 0.5) is 5.69 Å². The van der Waals surface area contributed by atoms with Crippen molar-refractivity contribution in [3.05, 3.63) is 28.2 Å². The normalized spacial score (nSPS) is 12.8. The summed E-state index contributed by atoms with van der Waals surface area (Å²) in [7, 11) is 0. The molecule has 0 aliphatic heterocycles. The maximum atomic E-state index is 12.1. The Balaban J connectivity index is 3.01. The first-order chi connectivity index (χ1) is 8.62. The van der Waals surface area contributed by atoms with Gasteiger partial charge in [-0.3, -0.25) is 4.79 Å². The summed E-state index contributed by atoms with van der Waals surface area (Å²) < 4.78 is 0.567. The van der Waals surface area contributed by atoms with Crippen molar-refractivity contribution in [3.8, 4) is 0 Å². The molecule has 1 aromatic carbocycles. The van der Waals surface area contributed by atoms with Crippen LogP contribution in [0.5, 0.6) is 0 Å². The molecule has 0 spiro atoms. The molecule has 104 valence electrons. The molecule has 4 N–H and O–H groups in total. The van der Waals surface area contributed by atoms with E-state index in [0.29, 0.717) is 15.7 Å². The highest BCUT2D eigenvalue weighted by Gasteiger charge is 2.33. The van der Waals surface area contributed by atoms with Gasteiger partial charge in [-0.2, -0.15) is 0 Å². The van der Waals surface area contributed by atoms with Crippen molar-refractivity contribution in [3.63, 3.8) is 0 Å². The summed E-state index contributed by atoms with van der Waals surface area (Å²) in [6, 6.07) is 3.82. The number of rotatable bonds is 3. The van der Waals surface area contributed by atoms with Crippen molar-refractivity contribution in [2.45, 2.75) is 26.8 Å². The minimum absolute atomic E-state index is 0.315. The number of halogens is 1. The number of nitrogens with two attached hydrogens (primary N) is 1. The van der Waals surface area contributed by atoms with Crippen LogP contribution in [-0.4, -0.2) is 23.0 Å². The number of aliphatic carboxylic acids is 1. The third-order valence-corrected chi connectivity index (χ3v) is 3.31. The number of carboxylic acids is 1. The van der Waals surface area contributed by atoms with Crippen molar-refractivity contribution in [1.29, 1.82) is 0 Å². The molecule has 5 nitrogen and oxygen atoms in total. The number of hydrogen-bond acceptors (Lipinski definition) is 3. The predicted molar refractivity (Wildman–Crippen MR) is 76.9 cm³/mol. The molecule has 0 saturated carbocycles. The van der Waals surface area contributed by atoms with E-state index in [1.165, 1.54) is 6.07 Å². The van der Waals surface area contributed by atoms with Gasteiger partial charge in [0.25, 0.3) is 5.91 Å². The van der Waals surface area contributed by atoms with Gasteiger partial charge in [-0.1, -0.05) is 20.8 Å². The Bertz CT molecular complexity index is 509. The molecule has 1 aromatic rings. The lowest BCUT2D eigenvalue weighted by atomic mass is 9.86. The van der Waals surface area contributed by atoms with E-state index in [-0.39, 0.29) is 0 Å². The van der Waals surface area contributed by atoms with Crippen LogP contribution in [0.15, 0.2) is 22.7 Å². The first-order valence-corrected chi connectivity index (χ1v) is 6.51. The van der Waals surface area contributed by atoms with Crippen LogP contribution >= 0.6 is 15.9 Å². The van der Waals surface area contributed by atoms with Gasteiger partial charge in [-0.05, 0) is 39.5 Å². The Morgan fingerprint density at radius 2 is 1.95 bits per heavy atom. The van der Waals surface area contributed by atoms with Crippen LogP contribution in [0, 0.1) is 5.41 Å². The van der Waals surface area contributed by atoms with Gasteiger partial charge < -0.3 is 16.2 Å². The maximum absolute atomic E-state index is 12.1. The minimum atomic E-state index is -1.07. The lowest BCUT2D eigenvalue weighted by Crippen LogP contribution is -2.49. The number of hydrogen-bond donors (Lipinski definition) is 3. The lowest BCUT2D eigenvalue weighted by molar-refractivity contribution is -0.142. The molecule has 1 rings (SSSR count). The van der Waals surface area contributed by atoms with E-state index in [0.717, 1.165) is 0 Å². The molecular weight excluding hydrogens is 312 g/mol. The highest BCUT2D eigenvalue weighted by atomic mass is 79.9. The molecule has 0 aliphatic rings. The predicted octanol–water partition coefficient (Wildman–Crippen LogP) is 2.26. The number of benzene rings is 1. The van der Waals surface area contributed by atoms with Crippen LogP contribution in [0.2, 0.25) is 0 Å². The second-order valence-electron chi connectivity index (χ2n) is 5.35. The summed E-state index contributed by atoms with van der Waals surface area (Å²) in [5, 5.41) is 11.7. The molecule has 19 heavy (non-hydrogen) atoms. The van der Waals surface area contributed by atoms with Crippen molar-refractivity contribution in [1.82, 2.24) is 5.32 Å². The lowest BCUT2D eigenvalue weighted by Gasteiger charge is -2.27. The molecule has 0 bridgehead atoms. The van der Waals surface area contributed by atoms with Crippen LogP contribution < -0.4 is 11.1 Å². The van der Waals surface area contributed by atoms with Crippen molar-refractivity contribution < 1.29 is 14.7 Å². The Morgan fingerprint density at radius 1 is 1.37 bits per heavy atom. The summed E-state index contributed by atoms with van der Waals surface area (Å²) in [6.07, 6.45) is 0. The first kappa shape index (κ1) is 15.5. The van der Waals surface area contributed by atoms with E-state index in [4.69, 9.17) is 5.73 Å². The van der Waals surface area contributed by atoms with E-state index in [2.05, 4.69) is 21.2 Å². The topological polar surface area (TPSA) is 92.4 Å². The van der Waals surface area contributed by atoms with Crippen molar-refractivity contribution in [2.24, 2.45) is 5.41 Å². The van der Waals surface area contributed by atoms with Crippen LogP contribution in [0.1, 0.15) is 31.1 Å². The Labute approximate surface area is 120 Å². The largest absolute Gasteiger partial charge is 0.480 e. The van der Waals surface area contributed by atoms with Crippen LogP contribution in [0.25, 0.3) is 0 Å². The fraction of sp³-hybridized carbons (Fsp3) is 0.385. The average Bonchev–Trinajstić information content (AvgIpc) is 2.26. The van der Waals surface area contributed by atoms with Crippen molar-refractivity contribution in [2.75, 3.05) is 5.73 Å². The summed E-state index contributed by atoms with van der Waals surface area (Å²) in [5.74, 6) is -1.54. The van der Waals surface area contributed by atoms with E-state index < -0.39 is 23.3 Å². The van der Waals surface area contributed by atoms with Crippen LogP contribution in [-0.2, 0) is 4.79 Å². The zero-order chi connectivity index (χ0) is 14.8. The standard InChI is InChI=1S/C13H17BrN2O3/c1-13(2,3)10(12(18)19)16-11(17)8-6-7(15)4-5-9(8)14/h4-6,10H,15H2,1-3H3,(H,16,17)(H,18,19)/t10-/m0/s1. The minimum Gasteiger partial charge on any atom is -0.480 e. The Morgan fingerprint density at radius 3 is 2.42 bits per heavy atom. The van der Waals surface area contributed by atoms with Gasteiger partial charge in [0.2, 0.25) is 0 Å². The number of carboxylic acid groups (broad SMARTS) is 1. The number of nitrogens with one attached hydrogen (secondary N) is 1. The monoisotopic (exact) mass is 328 g/mol. The highest BCUT2D eigenvalue weighted by Crippen LogP contribution is 2.23. The number of carbonyl (C=O) groups is 2. The Kier molecular flexibility index (Phi) is 4.57.